The second kappa shape index (κ2) is 9.71. The summed E-state index contributed by atoms with van der Waals surface area (Å²) in [6.07, 6.45) is 13.7. The maximum atomic E-state index is 5.81. The van der Waals surface area contributed by atoms with Crippen LogP contribution in [-0.4, -0.2) is 6.61 Å². The van der Waals surface area contributed by atoms with E-state index in [1.54, 1.807) is 0 Å². The molecule has 0 amide bonds. The first-order valence-corrected chi connectivity index (χ1v) is 9.17. The summed E-state index contributed by atoms with van der Waals surface area (Å²) in [6, 6.07) is 8.87. The summed E-state index contributed by atoms with van der Waals surface area (Å²) in [5, 5.41) is 0. The maximum absolute atomic E-state index is 5.81. The maximum Gasteiger partial charge on any atom is 0.119 e. The molecule has 0 heterocycles. The second-order valence-electron chi connectivity index (χ2n) is 6.71. The average molecular weight is 300 g/mol. The molecule has 122 valence electrons. The Hall–Kier alpha value is -1.24. The molecule has 1 nitrogen and oxygen atoms in total. The first-order valence-electron chi connectivity index (χ1n) is 9.17. The Labute approximate surface area is 136 Å². The van der Waals surface area contributed by atoms with Crippen LogP contribution < -0.4 is 4.74 Å². The summed E-state index contributed by atoms with van der Waals surface area (Å²) in [5.41, 5.74) is 1.51. The van der Waals surface area contributed by atoms with Crippen molar-refractivity contribution >= 4 is 0 Å². The van der Waals surface area contributed by atoms with E-state index in [2.05, 4.69) is 37.8 Å². The summed E-state index contributed by atoms with van der Waals surface area (Å²) in [4.78, 5) is 0. The molecule has 1 aromatic carbocycles. The van der Waals surface area contributed by atoms with Crippen LogP contribution in [0, 0.1) is 5.92 Å². The molecule has 0 atom stereocenters. The van der Waals surface area contributed by atoms with E-state index in [0.717, 1.165) is 37.0 Å². The molecule has 0 aromatic heterocycles. The Balaban J connectivity index is 1.73. The molecule has 1 saturated carbocycles. The molecule has 0 unspecified atom stereocenters. The third kappa shape index (κ3) is 5.51. The van der Waals surface area contributed by atoms with Crippen molar-refractivity contribution in [3.8, 4) is 5.75 Å². The molecule has 22 heavy (non-hydrogen) atoms. The van der Waals surface area contributed by atoms with E-state index < -0.39 is 0 Å². The van der Waals surface area contributed by atoms with Crippen LogP contribution in [0.25, 0.3) is 0 Å². The standard InChI is InChI=1S/C21H32O/c1-3-5-6-7-17-22-21-15-13-20(14-16-21)19-11-9-18(8-4-2)10-12-19/h3,13-16,18-19H,1,4-12,17H2,2H3. The van der Waals surface area contributed by atoms with E-state index in [1.807, 2.05) is 6.08 Å². The van der Waals surface area contributed by atoms with Gasteiger partial charge in [0.15, 0.2) is 0 Å². The smallest absolute Gasteiger partial charge is 0.119 e. The lowest BCUT2D eigenvalue weighted by Gasteiger charge is -2.28. The highest BCUT2D eigenvalue weighted by Crippen LogP contribution is 2.37. The van der Waals surface area contributed by atoms with Gasteiger partial charge in [-0.1, -0.05) is 38.0 Å². The van der Waals surface area contributed by atoms with E-state index in [4.69, 9.17) is 4.74 Å². The zero-order chi connectivity index (χ0) is 15.6. The molecule has 0 bridgehead atoms. The lowest BCUT2D eigenvalue weighted by atomic mass is 9.77. The molecule has 2 rings (SSSR count). The van der Waals surface area contributed by atoms with E-state index in [0.29, 0.717) is 0 Å². The second-order valence-corrected chi connectivity index (χ2v) is 6.71. The minimum Gasteiger partial charge on any atom is -0.494 e. The summed E-state index contributed by atoms with van der Waals surface area (Å²) in [5.74, 6) is 2.77. The third-order valence-corrected chi connectivity index (χ3v) is 4.97. The lowest BCUT2D eigenvalue weighted by molar-refractivity contribution is 0.303. The number of rotatable bonds is 9. The SMILES string of the molecule is C=CCCCCOc1ccc(C2CCC(CCC)CC2)cc1. The zero-order valence-corrected chi connectivity index (χ0v) is 14.2. The molecule has 1 aliphatic carbocycles. The van der Waals surface area contributed by atoms with Crippen LogP contribution in [-0.2, 0) is 0 Å². The fourth-order valence-corrected chi connectivity index (χ4v) is 3.61. The predicted octanol–water partition coefficient (Wildman–Crippen LogP) is 6.50. The van der Waals surface area contributed by atoms with E-state index in [1.165, 1.54) is 50.5 Å². The highest BCUT2D eigenvalue weighted by molar-refractivity contribution is 5.29. The van der Waals surface area contributed by atoms with E-state index in [9.17, 15) is 0 Å². The van der Waals surface area contributed by atoms with Gasteiger partial charge in [0.2, 0.25) is 0 Å². The summed E-state index contributed by atoms with van der Waals surface area (Å²) >= 11 is 0. The van der Waals surface area contributed by atoms with Crippen molar-refractivity contribution in [1.29, 1.82) is 0 Å². The molecule has 1 heteroatoms. The largest absolute Gasteiger partial charge is 0.494 e. The minimum absolute atomic E-state index is 0.773. The number of ether oxygens (including phenoxy) is 1. The van der Waals surface area contributed by atoms with Gasteiger partial charge in [-0.2, -0.15) is 0 Å². The summed E-state index contributed by atoms with van der Waals surface area (Å²) in [6.45, 7) is 6.87. The molecular weight excluding hydrogens is 268 g/mol. The number of allylic oxidation sites excluding steroid dienone is 1. The summed E-state index contributed by atoms with van der Waals surface area (Å²) in [7, 11) is 0. The predicted molar refractivity (Wildman–Crippen MR) is 95.6 cm³/mol. The molecule has 0 N–H and O–H groups in total. The molecule has 1 aromatic rings. The zero-order valence-electron chi connectivity index (χ0n) is 14.2. The minimum atomic E-state index is 0.773. The monoisotopic (exact) mass is 300 g/mol. The van der Waals surface area contributed by atoms with Gasteiger partial charge in [0.25, 0.3) is 0 Å². The van der Waals surface area contributed by atoms with E-state index >= 15 is 0 Å². The third-order valence-electron chi connectivity index (χ3n) is 4.97. The number of benzene rings is 1. The van der Waals surface area contributed by atoms with Crippen LogP contribution in [0.15, 0.2) is 36.9 Å². The number of hydrogen-bond acceptors (Lipinski definition) is 1. The van der Waals surface area contributed by atoms with Crippen LogP contribution in [0.1, 0.15) is 76.2 Å². The van der Waals surface area contributed by atoms with Crippen molar-refractivity contribution < 1.29 is 4.74 Å². The van der Waals surface area contributed by atoms with Crippen LogP contribution in [0.2, 0.25) is 0 Å². The van der Waals surface area contributed by atoms with Crippen molar-refractivity contribution in [2.24, 2.45) is 5.92 Å². The Morgan fingerprint density at radius 2 is 1.82 bits per heavy atom. The van der Waals surface area contributed by atoms with Crippen LogP contribution in [0.5, 0.6) is 5.75 Å². The van der Waals surface area contributed by atoms with Gasteiger partial charge in [-0.3, -0.25) is 0 Å². The molecule has 0 radical (unpaired) electrons. The van der Waals surface area contributed by atoms with E-state index in [-0.39, 0.29) is 0 Å². The van der Waals surface area contributed by atoms with Gasteiger partial charge in [0.05, 0.1) is 6.61 Å². The van der Waals surface area contributed by atoms with Gasteiger partial charge in [0.1, 0.15) is 5.75 Å². The molecular formula is C21H32O. The van der Waals surface area contributed by atoms with Crippen LogP contribution >= 0.6 is 0 Å². The van der Waals surface area contributed by atoms with Crippen molar-refractivity contribution in [3.63, 3.8) is 0 Å². The highest BCUT2D eigenvalue weighted by atomic mass is 16.5. The van der Waals surface area contributed by atoms with Gasteiger partial charge in [-0.25, -0.2) is 0 Å². The van der Waals surface area contributed by atoms with Gasteiger partial charge in [-0.15, -0.1) is 6.58 Å². The molecule has 0 saturated heterocycles. The van der Waals surface area contributed by atoms with Crippen LogP contribution in [0.3, 0.4) is 0 Å². The molecule has 1 fully saturated rings. The first kappa shape index (κ1) is 17.1. The quantitative estimate of drug-likeness (QED) is 0.374. The van der Waals surface area contributed by atoms with Gasteiger partial charge < -0.3 is 4.74 Å². The number of unbranched alkanes of at least 4 members (excludes halogenated alkanes) is 2. The Morgan fingerprint density at radius 1 is 1.09 bits per heavy atom. The van der Waals surface area contributed by atoms with Crippen molar-refractivity contribution in [2.45, 2.75) is 70.6 Å². The topological polar surface area (TPSA) is 9.23 Å². The highest BCUT2D eigenvalue weighted by Gasteiger charge is 2.21. The fraction of sp³-hybridized carbons (Fsp3) is 0.619. The number of hydrogen-bond donors (Lipinski definition) is 0. The Bertz CT molecular complexity index is 412. The van der Waals surface area contributed by atoms with Gasteiger partial charge >= 0.3 is 0 Å². The summed E-state index contributed by atoms with van der Waals surface area (Å²) < 4.78 is 5.81. The lowest BCUT2D eigenvalue weighted by Crippen LogP contribution is -2.13. The van der Waals surface area contributed by atoms with Gasteiger partial charge in [0, 0.05) is 0 Å². The Kier molecular flexibility index (Phi) is 7.56. The van der Waals surface area contributed by atoms with Crippen molar-refractivity contribution in [2.75, 3.05) is 6.61 Å². The van der Waals surface area contributed by atoms with Crippen molar-refractivity contribution in [3.05, 3.63) is 42.5 Å². The Morgan fingerprint density at radius 3 is 2.45 bits per heavy atom. The first-order chi connectivity index (χ1) is 10.8. The van der Waals surface area contributed by atoms with Gasteiger partial charge in [-0.05, 0) is 74.5 Å². The fourth-order valence-electron chi connectivity index (χ4n) is 3.61. The normalized spacial score (nSPS) is 21.5. The van der Waals surface area contributed by atoms with Crippen molar-refractivity contribution in [1.82, 2.24) is 0 Å². The molecule has 0 spiro atoms. The molecule has 1 aliphatic rings. The van der Waals surface area contributed by atoms with Crippen LogP contribution in [0.4, 0.5) is 0 Å². The average Bonchev–Trinajstić information content (AvgIpc) is 2.56. The molecule has 0 aliphatic heterocycles.